The molecule has 0 N–H and O–H groups in total. The molecule has 9 heteroatoms. The number of aldehydes is 1. The number of likely N-dealkylation sites (N-methyl/N-ethyl adjacent to an activating group) is 1. The van der Waals surface area contributed by atoms with E-state index in [0.29, 0.717) is 43.6 Å². The average molecular weight is 425 g/mol. The number of aromatic nitrogens is 2. The van der Waals surface area contributed by atoms with Crippen LogP contribution in [0.3, 0.4) is 0 Å². The van der Waals surface area contributed by atoms with Gasteiger partial charge in [0.1, 0.15) is 18.0 Å². The van der Waals surface area contributed by atoms with Crippen molar-refractivity contribution in [2.24, 2.45) is 0 Å². The standard InChI is InChI=1S/C22H27N5O4/c1-4-30-14-19-23-10-18-21(24-19)25(3)20(13-28)27(18)22(29)26-11-16(12-26)15-6-8-17(9-7-15)31-5-2/h6-10,13,16,20H,4-5,11-12,14H2,1-3H3. The number of likely N-dealkylation sites (tertiary alicyclic amines) is 1. The number of benzene rings is 1. The Kier molecular flexibility index (Phi) is 6.03. The summed E-state index contributed by atoms with van der Waals surface area (Å²) >= 11 is 0. The van der Waals surface area contributed by atoms with Crippen molar-refractivity contribution in [2.75, 3.05) is 43.2 Å². The minimum absolute atomic E-state index is 0.217. The molecule has 2 aliphatic rings. The quantitative estimate of drug-likeness (QED) is 0.630. The van der Waals surface area contributed by atoms with E-state index < -0.39 is 6.17 Å². The number of ether oxygens (including phenoxy) is 2. The highest BCUT2D eigenvalue weighted by molar-refractivity contribution is 6.03. The van der Waals surface area contributed by atoms with Crippen LogP contribution in [-0.4, -0.2) is 66.7 Å². The molecule has 2 aromatic rings. The number of nitrogens with zero attached hydrogens (tertiary/aromatic N) is 5. The lowest BCUT2D eigenvalue weighted by Gasteiger charge is -2.42. The van der Waals surface area contributed by atoms with Crippen molar-refractivity contribution in [1.29, 1.82) is 0 Å². The smallest absolute Gasteiger partial charge is 0.326 e. The Labute approximate surface area is 181 Å². The lowest BCUT2D eigenvalue weighted by molar-refractivity contribution is -0.108. The molecule has 1 aromatic carbocycles. The van der Waals surface area contributed by atoms with Gasteiger partial charge < -0.3 is 19.3 Å². The zero-order chi connectivity index (χ0) is 22.0. The van der Waals surface area contributed by atoms with Crippen molar-refractivity contribution in [3.63, 3.8) is 0 Å². The Morgan fingerprint density at radius 2 is 1.94 bits per heavy atom. The van der Waals surface area contributed by atoms with Crippen LogP contribution >= 0.6 is 0 Å². The Balaban J connectivity index is 1.47. The first-order chi connectivity index (χ1) is 15.1. The van der Waals surface area contributed by atoms with E-state index in [1.54, 1.807) is 23.0 Å². The van der Waals surface area contributed by atoms with Crippen LogP contribution in [0.1, 0.15) is 31.2 Å². The molecule has 1 fully saturated rings. The van der Waals surface area contributed by atoms with Gasteiger partial charge in [-0.2, -0.15) is 0 Å². The van der Waals surface area contributed by atoms with Crippen molar-refractivity contribution < 1.29 is 19.1 Å². The van der Waals surface area contributed by atoms with Crippen LogP contribution in [0.5, 0.6) is 5.75 Å². The van der Waals surface area contributed by atoms with Gasteiger partial charge in [-0.15, -0.1) is 0 Å². The van der Waals surface area contributed by atoms with Crippen molar-refractivity contribution in [3.05, 3.63) is 41.9 Å². The van der Waals surface area contributed by atoms with E-state index in [-0.39, 0.29) is 18.6 Å². The number of hydrogen-bond donors (Lipinski definition) is 0. The molecule has 2 aliphatic heterocycles. The Morgan fingerprint density at radius 1 is 1.19 bits per heavy atom. The maximum absolute atomic E-state index is 13.2. The van der Waals surface area contributed by atoms with Crippen LogP contribution in [0.4, 0.5) is 16.3 Å². The van der Waals surface area contributed by atoms with Gasteiger partial charge in [0.15, 0.2) is 24.1 Å². The van der Waals surface area contributed by atoms with Crippen molar-refractivity contribution >= 4 is 23.8 Å². The number of carbonyl (C=O) groups is 2. The third-order valence-electron chi connectivity index (χ3n) is 5.63. The molecule has 164 valence electrons. The fraction of sp³-hybridized carbons (Fsp3) is 0.455. The van der Waals surface area contributed by atoms with Gasteiger partial charge in [0, 0.05) is 32.7 Å². The first-order valence-corrected chi connectivity index (χ1v) is 10.5. The predicted molar refractivity (Wildman–Crippen MR) is 115 cm³/mol. The van der Waals surface area contributed by atoms with E-state index in [9.17, 15) is 9.59 Å². The van der Waals surface area contributed by atoms with Gasteiger partial charge in [0.2, 0.25) is 0 Å². The first kappa shape index (κ1) is 21.0. The van der Waals surface area contributed by atoms with Gasteiger partial charge in [0.05, 0.1) is 12.8 Å². The zero-order valence-electron chi connectivity index (χ0n) is 18.0. The first-order valence-electron chi connectivity index (χ1n) is 10.5. The third kappa shape index (κ3) is 3.93. The molecule has 9 nitrogen and oxygen atoms in total. The molecule has 31 heavy (non-hydrogen) atoms. The Hall–Kier alpha value is -3.20. The Morgan fingerprint density at radius 3 is 2.58 bits per heavy atom. The average Bonchev–Trinajstić information content (AvgIpc) is 3.03. The predicted octanol–water partition coefficient (Wildman–Crippen LogP) is 2.41. The number of fused-ring (bicyclic) bond motifs is 1. The van der Waals surface area contributed by atoms with Crippen LogP contribution in [0.25, 0.3) is 0 Å². The molecule has 1 aromatic heterocycles. The summed E-state index contributed by atoms with van der Waals surface area (Å²) < 4.78 is 10.9. The van der Waals surface area contributed by atoms with Crippen LogP contribution in [-0.2, 0) is 16.1 Å². The number of rotatable bonds is 7. The molecule has 1 saturated heterocycles. The summed E-state index contributed by atoms with van der Waals surface area (Å²) in [5.74, 6) is 2.18. The molecule has 1 unspecified atom stereocenters. The molecule has 0 radical (unpaired) electrons. The van der Waals surface area contributed by atoms with Crippen molar-refractivity contribution in [3.8, 4) is 5.75 Å². The van der Waals surface area contributed by atoms with E-state index in [0.717, 1.165) is 12.0 Å². The SMILES string of the molecule is CCOCc1ncc2c(n1)N(C)C(C=O)N2C(=O)N1CC(c2ccc(OCC)cc2)C1. The maximum Gasteiger partial charge on any atom is 0.326 e. The minimum Gasteiger partial charge on any atom is -0.494 e. The molecule has 0 spiro atoms. The zero-order valence-corrected chi connectivity index (χ0v) is 18.0. The number of amides is 2. The summed E-state index contributed by atoms with van der Waals surface area (Å²) in [4.78, 5) is 38.8. The molecule has 0 aliphatic carbocycles. The van der Waals surface area contributed by atoms with Crippen LogP contribution in [0.15, 0.2) is 30.5 Å². The molecule has 4 rings (SSSR count). The second-order valence-corrected chi connectivity index (χ2v) is 7.55. The summed E-state index contributed by atoms with van der Waals surface area (Å²) in [7, 11) is 1.75. The fourth-order valence-electron chi connectivity index (χ4n) is 3.90. The molecule has 1 atom stereocenters. The third-order valence-corrected chi connectivity index (χ3v) is 5.63. The normalized spacial score (nSPS) is 18.0. The monoisotopic (exact) mass is 425 g/mol. The maximum atomic E-state index is 13.2. The van der Waals surface area contributed by atoms with E-state index >= 15 is 0 Å². The van der Waals surface area contributed by atoms with Crippen LogP contribution < -0.4 is 14.5 Å². The highest BCUT2D eigenvalue weighted by atomic mass is 16.5. The molecule has 0 saturated carbocycles. The summed E-state index contributed by atoms with van der Waals surface area (Å²) in [5, 5.41) is 0. The molecule has 3 heterocycles. The second kappa shape index (κ2) is 8.89. The van der Waals surface area contributed by atoms with E-state index in [4.69, 9.17) is 9.47 Å². The highest BCUT2D eigenvalue weighted by Crippen LogP contribution is 2.38. The van der Waals surface area contributed by atoms with Crippen molar-refractivity contribution in [2.45, 2.75) is 32.5 Å². The lowest BCUT2D eigenvalue weighted by Crippen LogP contribution is -2.57. The van der Waals surface area contributed by atoms with Crippen LogP contribution in [0, 0.1) is 0 Å². The van der Waals surface area contributed by atoms with E-state index in [1.807, 2.05) is 38.1 Å². The van der Waals surface area contributed by atoms with Gasteiger partial charge in [0.25, 0.3) is 0 Å². The summed E-state index contributed by atoms with van der Waals surface area (Å²) in [5.41, 5.74) is 1.71. The van der Waals surface area contributed by atoms with E-state index in [1.165, 1.54) is 10.5 Å². The van der Waals surface area contributed by atoms with Crippen molar-refractivity contribution in [1.82, 2.24) is 14.9 Å². The highest BCUT2D eigenvalue weighted by Gasteiger charge is 2.44. The summed E-state index contributed by atoms with van der Waals surface area (Å²) in [6, 6.07) is 7.77. The topological polar surface area (TPSA) is 88.1 Å². The number of carbonyl (C=O) groups excluding carboxylic acids is 2. The number of urea groups is 1. The molecular weight excluding hydrogens is 398 g/mol. The van der Waals surface area contributed by atoms with Gasteiger partial charge in [-0.25, -0.2) is 14.8 Å². The van der Waals surface area contributed by atoms with Gasteiger partial charge in [-0.1, -0.05) is 12.1 Å². The summed E-state index contributed by atoms with van der Waals surface area (Å²) in [6.45, 7) is 6.51. The minimum atomic E-state index is -0.747. The van der Waals surface area contributed by atoms with E-state index in [2.05, 4.69) is 9.97 Å². The van der Waals surface area contributed by atoms with Gasteiger partial charge in [-0.3, -0.25) is 9.69 Å². The number of hydrogen-bond acceptors (Lipinski definition) is 7. The molecular formula is C22H27N5O4. The van der Waals surface area contributed by atoms with Gasteiger partial charge >= 0.3 is 6.03 Å². The Bertz CT molecular complexity index is 945. The van der Waals surface area contributed by atoms with Gasteiger partial charge in [-0.05, 0) is 31.5 Å². The lowest BCUT2D eigenvalue weighted by atomic mass is 9.92. The largest absolute Gasteiger partial charge is 0.494 e. The molecule has 2 amide bonds. The summed E-state index contributed by atoms with van der Waals surface area (Å²) in [6.07, 6.45) is 1.60. The van der Waals surface area contributed by atoms with Crippen LogP contribution in [0.2, 0.25) is 0 Å². The molecule has 0 bridgehead atoms. The fourth-order valence-corrected chi connectivity index (χ4v) is 3.90. The second-order valence-electron chi connectivity index (χ2n) is 7.55. The number of anilines is 2.